The van der Waals surface area contributed by atoms with Crippen molar-refractivity contribution in [3.63, 3.8) is 0 Å². The second-order valence-electron chi connectivity index (χ2n) is 4.76. The van der Waals surface area contributed by atoms with Gasteiger partial charge in [0.25, 0.3) is 0 Å². The number of piperidine rings is 1. The van der Waals surface area contributed by atoms with E-state index in [1.54, 1.807) is 0 Å². The van der Waals surface area contributed by atoms with Crippen LogP contribution in [-0.2, 0) is 6.54 Å². The van der Waals surface area contributed by atoms with Crippen LogP contribution in [-0.4, -0.2) is 24.5 Å². The predicted octanol–water partition coefficient (Wildman–Crippen LogP) is 1.73. The molecule has 1 aromatic carbocycles. The number of nitriles is 1. The molecule has 0 bridgehead atoms. The largest absolute Gasteiger partial charge is 0.330 e. The highest BCUT2D eigenvalue weighted by Gasteiger charge is 2.17. The van der Waals surface area contributed by atoms with Gasteiger partial charge < -0.3 is 5.73 Å². The van der Waals surface area contributed by atoms with Crippen LogP contribution in [0, 0.1) is 17.2 Å². The fraction of sp³-hybridized carbons (Fsp3) is 0.500. The average Bonchev–Trinajstić information content (AvgIpc) is 2.40. The summed E-state index contributed by atoms with van der Waals surface area (Å²) in [7, 11) is 0. The Kier molecular flexibility index (Phi) is 4.13. The number of likely N-dealkylation sites (tertiary alicyclic amines) is 1. The number of benzene rings is 1. The van der Waals surface area contributed by atoms with E-state index in [0.29, 0.717) is 5.92 Å². The van der Waals surface area contributed by atoms with Crippen molar-refractivity contribution in [3.05, 3.63) is 35.4 Å². The molecule has 1 aliphatic heterocycles. The van der Waals surface area contributed by atoms with Crippen LogP contribution >= 0.6 is 0 Å². The van der Waals surface area contributed by atoms with Gasteiger partial charge >= 0.3 is 0 Å². The maximum atomic E-state index is 8.73. The minimum atomic E-state index is 0.715. The van der Waals surface area contributed by atoms with Gasteiger partial charge in [-0.1, -0.05) is 12.1 Å². The van der Waals surface area contributed by atoms with Crippen molar-refractivity contribution in [2.45, 2.75) is 19.4 Å². The fourth-order valence-corrected chi connectivity index (χ4v) is 2.32. The van der Waals surface area contributed by atoms with Crippen LogP contribution in [0.25, 0.3) is 0 Å². The third kappa shape index (κ3) is 3.29. The number of rotatable bonds is 3. The second kappa shape index (κ2) is 5.81. The van der Waals surface area contributed by atoms with Crippen molar-refractivity contribution in [2.75, 3.05) is 19.6 Å². The molecular weight excluding hydrogens is 210 g/mol. The molecule has 0 saturated carbocycles. The summed E-state index contributed by atoms with van der Waals surface area (Å²) in [4.78, 5) is 2.47. The van der Waals surface area contributed by atoms with Crippen LogP contribution in [0.3, 0.4) is 0 Å². The van der Waals surface area contributed by atoms with Gasteiger partial charge in [0, 0.05) is 6.54 Å². The van der Waals surface area contributed by atoms with Crippen LogP contribution in [0.5, 0.6) is 0 Å². The summed E-state index contributed by atoms with van der Waals surface area (Å²) in [5.74, 6) is 0.715. The van der Waals surface area contributed by atoms with Gasteiger partial charge in [-0.25, -0.2) is 0 Å². The highest BCUT2D eigenvalue weighted by Crippen LogP contribution is 2.18. The van der Waals surface area contributed by atoms with E-state index in [9.17, 15) is 0 Å². The zero-order valence-corrected chi connectivity index (χ0v) is 10.1. The minimum Gasteiger partial charge on any atom is -0.330 e. The van der Waals surface area contributed by atoms with E-state index in [-0.39, 0.29) is 0 Å². The van der Waals surface area contributed by atoms with Crippen molar-refractivity contribution in [1.29, 1.82) is 5.26 Å². The molecule has 2 N–H and O–H groups in total. The van der Waals surface area contributed by atoms with Crippen molar-refractivity contribution in [2.24, 2.45) is 11.7 Å². The number of nitrogens with zero attached hydrogens (tertiary/aromatic N) is 2. The molecule has 0 amide bonds. The fourth-order valence-electron chi connectivity index (χ4n) is 2.32. The molecule has 1 saturated heterocycles. The van der Waals surface area contributed by atoms with Crippen LogP contribution in [0.1, 0.15) is 24.0 Å². The smallest absolute Gasteiger partial charge is 0.0991 e. The van der Waals surface area contributed by atoms with Crippen LogP contribution < -0.4 is 5.73 Å². The first kappa shape index (κ1) is 12.1. The first-order valence-corrected chi connectivity index (χ1v) is 6.23. The Morgan fingerprint density at radius 2 is 1.88 bits per heavy atom. The van der Waals surface area contributed by atoms with Gasteiger partial charge in [0.15, 0.2) is 0 Å². The van der Waals surface area contributed by atoms with Crippen LogP contribution in [0.2, 0.25) is 0 Å². The number of nitrogens with two attached hydrogens (primary N) is 1. The normalized spacial score (nSPS) is 17.9. The Balaban J connectivity index is 1.87. The Morgan fingerprint density at radius 3 is 2.41 bits per heavy atom. The Hall–Kier alpha value is -1.37. The van der Waals surface area contributed by atoms with E-state index in [0.717, 1.165) is 31.7 Å². The summed E-state index contributed by atoms with van der Waals surface area (Å²) >= 11 is 0. The van der Waals surface area contributed by atoms with E-state index in [4.69, 9.17) is 11.0 Å². The van der Waals surface area contributed by atoms with E-state index < -0.39 is 0 Å². The predicted molar refractivity (Wildman–Crippen MR) is 68.2 cm³/mol. The Bertz CT molecular complexity index is 383. The first-order valence-electron chi connectivity index (χ1n) is 6.23. The van der Waals surface area contributed by atoms with Gasteiger partial charge in [0.2, 0.25) is 0 Å². The van der Waals surface area contributed by atoms with E-state index >= 15 is 0 Å². The van der Waals surface area contributed by atoms with Crippen molar-refractivity contribution in [3.8, 4) is 6.07 Å². The molecule has 1 aliphatic rings. The van der Waals surface area contributed by atoms with Gasteiger partial charge in [0.1, 0.15) is 0 Å². The third-order valence-electron chi connectivity index (χ3n) is 3.53. The SMILES string of the molecule is N#Cc1ccc(CN2CCC(CN)CC2)cc1. The zero-order chi connectivity index (χ0) is 12.1. The third-order valence-corrected chi connectivity index (χ3v) is 3.53. The summed E-state index contributed by atoms with van der Waals surface area (Å²) in [6, 6.07) is 10.0. The first-order chi connectivity index (χ1) is 8.31. The van der Waals surface area contributed by atoms with Crippen LogP contribution in [0.4, 0.5) is 0 Å². The second-order valence-corrected chi connectivity index (χ2v) is 4.76. The Morgan fingerprint density at radius 1 is 1.24 bits per heavy atom. The standard InChI is InChI=1S/C14H19N3/c15-9-12-1-3-14(4-2-12)11-17-7-5-13(10-16)6-8-17/h1-4,13H,5-8,10-11,16H2. The molecule has 0 unspecified atom stereocenters. The zero-order valence-electron chi connectivity index (χ0n) is 10.1. The van der Waals surface area contributed by atoms with Crippen molar-refractivity contribution >= 4 is 0 Å². The highest BCUT2D eigenvalue weighted by atomic mass is 15.1. The summed E-state index contributed by atoms with van der Waals surface area (Å²) < 4.78 is 0. The van der Waals surface area contributed by atoms with Gasteiger partial charge in [-0.3, -0.25) is 4.90 Å². The maximum absolute atomic E-state index is 8.73. The summed E-state index contributed by atoms with van der Waals surface area (Å²) in [5, 5.41) is 8.73. The van der Waals surface area contributed by atoms with Gasteiger partial charge in [-0.15, -0.1) is 0 Å². The molecule has 3 nitrogen and oxygen atoms in total. The van der Waals surface area contributed by atoms with E-state index in [1.807, 2.05) is 24.3 Å². The van der Waals surface area contributed by atoms with Gasteiger partial charge in [0.05, 0.1) is 11.6 Å². The van der Waals surface area contributed by atoms with Gasteiger partial charge in [-0.2, -0.15) is 5.26 Å². The summed E-state index contributed by atoms with van der Waals surface area (Å²) in [6.07, 6.45) is 2.43. The maximum Gasteiger partial charge on any atom is 0.0991 e. The lowest BCUT2D eigenvalue weighted by molar-refractivity contribution is 0.180. The Labute approximate surface area is 103 Å². The molecule has 0 radical (unpaired) electrons. The molecule has 0 aliphatic carbocycles. The minimum absolute atomic E-state index is 0.715. The average molecular weight is 229 g/mol. The number of hydrogen-bond acceptors (Lipinski definition) is 3. The highest BCUT2D eigenvalue weighted by molar-refractivity contribution is 5.31. The summed E-state index contributed by atoms with van der Waals surface area (Å²) in [6.45, 7) is 4.09. The van der Waals surface area contributed by atoms with Crippen molar-refractivity contribution in [1.82, 2.24) is 4.90 Å². The molecule has 1 fully saturated rings. The molecule has 0 spiro atoms. The molecule has 1 heterocycles. The summed E-state index contributed by atoms with van der Waals surface area (Å²) in [5.41, 5.74) is 7.70. The lowest BCUT2D eigenvalue weighted by Crippen LogP contribution is -2.35. The quantitative estimate of drug-likeness (QED) is 0.858. The van der Waals surface area contributed by atoms with E-state index in [1.165, 1.54) is 18.4 Å². The number of hydrogen-bond donors (Lipinski definition) is 1. The van der Waals surface area contributed by atoms with Crippen molar-refractivity contribution < 1.29 is 0 Å². The molecular formula is C14H19N3. The van der Waals surface area contributed by atoms with E-state index in [2.05, 4.69) is 11.0 Å². The molecule has 1 aromatic rings. The molecule has 90 valence electrons. The lowest BCUT2D eigenvalue weighted by Gasteiger charge is -2.31. The topological polar surface area (TPSA) is 53.0 Å². The van der Waals surface area contributed by atoms with Crippen LogP contribution in [0.15, 0.2) is 24.3 Å². The lowest BCUT2D eigenvalue weighted by atomic mass is 9.97. The molecule has 2 rings (SSSR count). The molecule has 3 heteroatoms. The molecule has 17 heavy (non-hydrogen) atoms. The molecule has 0 atom stereocenters. The van der Waals surface area contributed by atoms with Gasteiger partial charge in [-0.05, 0) is 56.1 Å². The molecule has 0 aromatic heterocycles. The monoisotopic (exact) mass is 229 g/mol.